The average molecular weight is 294 g/mol. The molecule has 5 nitrogen and oxygen atoms in total. The minimum atomic E-state index is -0.481. The van der Waals surface area contributed by atoms with Crippen molar-refractivity contribution in [2.75, 3.05) is 5.32 Å². The topological polar surface area (TPSA) is 73.8 Å². The molecule has 1 amide bonds. The Morgan fingerprint density at radius 1 is 1.27 bits per heavy atom. The highest BCUT2D eigenvalue weighted by molar-refractivity contribution is 5.94. The predicted octanol–water partition coefficient (Wildman–Crippen LogP) is 2.25. The molecule has 0 aliphatic heterocycles. The highest BCUT2D eigenvalue weighted by Gasteiger charge is 2.22. The molecule has 22 heavy (non-hydrogen) atoms. The van der Waals surface area contributed by atoms with Crippen LogP contribution in [0, 0.1) is 11.3 Å². The lowest BCUT2D eigenvalue weighted by molar-refractivity contribution is -0.705. The van der Waals surface area contributed by atoms with Gasteiger partial charge in [-0.25, -0.2) is 0 Å². The van der Waals surface area contributed by atoms with Crippen LogP contribution >= 0.6 is 0 Å². The number of nitriles is 1. The van der Waals surface area contributed by atoms with E-state index in [2.05, 4.69) is 5.32 Å². The SMILES string of the molecule is CC(=O)c1ccc[n+]([C@H](C)C(=O)Nc2cccc(C#N)c2)c1. The summed E-state index contributed by atoms with van der Waals surface area (Å²) in [5.74, 6) is -0.274. The molecule has 110 valence electrons. The van der Waals surface area contributed by atoms with E-state index in [1.165, 1.54) is 6.92 Å². The molecule has 0 aliphatic carbocycles. The number of Topliss-reactive ketones (excluding diaryl/α,β-unsaturated/α-hetero) is 1. The van der Waals surface area contributed by atoms with E-state index in [1.54, 1.807) is 60.3 Å². The normalized spacial score (nSPS) is 11.3. The molecule has 0 radical (unpaired) electrons. The van der Waals surface area contributed by atoms with E-state index in [0.29, 0.717) is 16.8 Å². The molecule has 1 heterocycles. The van der Waals surface area contributed by atoms with Crippen LogP contribution in [0.25, 0.3) is 0 Å². The number of pyridine rings is 1. The first kappa shape index (κ1) is 15.4. The lowest BCUT2D eigenvalue weighted by Crippen LogP contribution is -2.44. The highest BCUT2D eigenvalue weighted by Crippen LogP contribution is 2.11. The zero-order chi connectivity index (χ0) is 16.1. The van der Waals surface area contributed by atoms with Gasteiger partial charge in [0.15, 0.2) is 18.2 Å². The van der Waals surface area contributed by atoms with Crippen molar-refractivity contribution < 1.29 is 14.2 Å². The van der Waals surface area contributed by atoms with Crippen molar-refractivity contribution in [3.63, 3.8) is 0 Å². The number of amides is 1. The van der Waals surface area contributed by atoms with Crippen molar-refractivity contribution in [1.29, 1.82) is 5.26 Å². The summed E-state index contributed by atoms with van der Waals surface area (Å²) < 4.78 is 1.68. The van der Waals surface area contributed by atoms with E-state index in [0.717, 1.165) is 0 Å². The van der Waals surface area contributed by atoms with Crippen molar-refractivity contribution in [1.82, 2.24) is 0 Å². The number of aromatic nitrogens is 1. The van der Waals surface area contributed by atoms with Gasteiger partial charge in [0.1, 0.15) is 0 Å². The van der Waals surface area contributed by atoms with Gasteiger partial charge in [0, 0.05) is 18.7 Å². The molecule has 0 spiro atoms. The number of carbonyl (C=O) groups is 2. The first-order valence-electron chi connectivity index (χ1n) is 6.84. The van der Waals surface area contributed by atoms with E-state index in [4.69, 9.17) is 5.26 Å². The molecule has 1 N–H and O–H groups in total. The average Bonchev–Trinajstić information content (AvgIpc) is 2.54. The quantitative estimate of drug-likeness (QED) is 0.694. The van der Waals surface area contributed by atoms with Gasteiger partial charge in [-0.3, -0.25) is 9.59 Å². The molecule has 0 aliphatic rings. The van der Waals surface area contributed by atoms with Gasteiger partial charge in [-0.1, -0.05) is 6.07 Å². The number of benzene rings is 1. The van der Waals surface area contributed by atoms with Crippen LogP contribution in [-0.4, -0.2) is 11.7 Å². The maximum Gasteiger partial charge on any atom is 0.293 e. The van der Waals surface area contributed by atoms with E-state index >= 15 is 0 Å². The number of rotatable bonds is 4. The summed E-state index contributed by atoms with van der Waals surface area (Å²) in [5, 5.41) is 11.6. The van der Waals surface area contributed by atoms with Gasteiger partial charge in [0.25, 0.3) is 5.91 Å². The fraction of sp³-hybridized carbons (Fsp3) is 0.176. The Balaban J connectivity index is 2.17. The van der Waals surface area contributed by atoms with Gasteiger partial charge in [0.2, 0.25) is 6.04 Å². The second-order valence-corrected chi connectivity index (χ2v) is 4.95. The Bertz CT molecular complexity index is 762. The van der Waals surface area contributed by atoms with Gasteiger partial charge < -0.3 is 5.32 Å². The lowest BCUT2D eigenvalue weighted by atomic mass is 10.2. The van der Waals surface area contributed by atoms with Gasteiger partial charge in [-0.15, -0.1) is 0 Å². The molecule has 1 aromatic carbocycles. The summed E-state index contributed by atoms with van der Waals surface area (Å²) in [7, 11) is 0. The van der Waals surface area contributed by atoms with Gasteiger partial charge in [0.05, 0.1) is 17.2 Å². The van der Waals surface area contributed by atoms with Crippen LogP contribution in [0.2, 0.25) is 0 Å². The van der Waals surface area contributed by atoms with Crippen molar-refractivity contribution in [3.05, 3.63) is 59.9 Å². The third-order valence-electron chi connectivity index (χ3n) is 3.31. The predicted molar refractivity (Wildman–Crippen MR) is 81.1 cm³/mol. The molecule has 0 fully saturated rings. The Morgan fingerprint density at radius 2 is 2.05 bits per heavy atom. The molecule has 5 heteroatoms. The Labute approximate surface area is 128 Å². The first-order chi connectivity index (χ1) is 10.5. The number of hydrogen-bond donors (Lipinski definition) is 1. The van der Waals surface area contributed by atoms with Crippen LogP contribution in [0.3, 0.4) is 0 Å². The number of carbonyl (C=O) groups excluding carboxylic acids is 2. The van der Waals surface area contributed by atoms with Crippen LogP contribution in [0.15, 0.2) is 48.8 Å². The van der Waals surface area contributed by atoms with Crippen molar-refractivity contribution >= 4 is 17.4 Å². The highest BCUT2D eigenvalue weighted by atomic mass is 16.2. The van der Waals surface area contributed by atoms with Crippen LogP contribution in [0.5, 0.6) is 0 Å². The molecular weight excluding hydrogens is 278 g/mol. The zero-order valence-corrected chi connectivity index (χ0v) is 12.4. The first-order valence-corrected chi connectivity index (χ1v) is 6.84. The number of nitrogens with one attached hydrogen (secondary N) is 1. The third kappa shape index (κ3) is 3.55. The van der Waals surface area contributed by atoms with Crippen LogP contribution in [-0.2, 0) is 4.79 Å². The maximum atomic E-state index is 12.3. The van der Waals surface area contributed by atoms with E-state index in [1.807, 2.05) is 6.07 Å². The molecule has 2 aromatic rings. The monoisotopic (exact) mass is 294 g/mol. The fourth-order valence-electron chi connectivity index (χ4n) is 1.99. The molecule has 0 saturated heterocycles. The Morgan fingerprint density at radius 3 is 2.73 bits per heavy atom. The largest absolute Gasteiger partial charge is 0.320 e. The molecule has 1 atom stereocenters. The van der Waals surface area contributed by atoms with Crippen molar-refractivity contribution in [2.45, 2.75) is 19.9 Å². The summed E-state index contributed by atoms with van der Waals surface area (Å²) in [4.78, 5) is 23.7. The standard InChI is InChI=1S/C17H15N3O2/c1-12(20-8-4-6-15(11-20)13(2)21)17(22)19-16-7-3-5-14(9-16)10-18/h3-9,11-12H,1-2H3/p+1/t12-/m1/s1. The Hall–Kier alpha value is -3.00. The van der Waals surface area contributed by atoms with Gasteiger partial charge in [-0.2, -0.15) is 9.83 Å². The summed E-state index contributed by atoms with van der Waals surface area (Å²) in [5.41, 5.74) is 1.60. The molecule has 1 aromatic heterocycles. The van der Waals surface area contributed by atoms with E-state index in [9.17, 15) is 9.59 Å². The summed E-state index contributed by atoms with van der Waals surface area (Å²) in [6, 6.07) is 11.7. The van der Waals surface area contributed by atoms with Crippen LogP contribution in [0.1, 0.15) is 35.8 Å². The summed E-state index contributed by atoms with van der Waals surface area (Å²) >= 11 is 0. The number of anilines is 1. The lowest BCUT2D eigenvalue weighted by Gasteiger charge is -2.09. The van der Waals surface area contributed by atoms with E-state index < -0.39 is 6.04 Å². The van der Waals surface area contributed by atoms with Crippen LogP contribution in [0.4, 0.5) is 5.69 Å². The van der Waals surface area contributed by atoms with Gasteiger partial charge >= 0.3 is 0 Å². The number of ketones is 1. The molecular formula is C17H16N3O2+. The molecule has 0 unspecified atom stereocenters. The van der Waals surface area contributed by atoms with Gasteiger partial charge in [-0.05, 0) is 31.2 Å². The summed E-state index contributed by atoms with van der Waals surface area (Å²) in [6.45, 7) is 3.23. The van der Waals surface area contributed by atoms with Crippen LogP contribution < -0.4 is 9.88 Å². The fourth-order valence-corrected chi connectivity index (χ4v) is 1.99. The maximum absolute atomic E-state index is 12.3. The molecule has 0 saturated carbocycles. The molecule has 0 bridgehead atoms. The number of nitrogens with zero attached hydrogens (tertiary/aromatic N) is 2. The minimum Gasteiger partial charge on any atom is -0.320 e. The van der Waals surface area contributed by atoms with Crippen molar-refractivity contribution in [2.24, 2.45) is 0 Å². The van der Waals surface area contributed by atoms with Crippen molar-refractivity contribution in [3.8, 4) is 6.07 Å². The summed E-state index contributed by atoms with van der Waals surface area (Å²) in [6.07, 6.45) is 3.39. The minimum absolute atomic E-state index is 0.0521. The second-order valence-electron chi connectivity index (χ2n) is 4.95. The Kier molecular flexibility index (Phi) is 4.64. The van der Waals surface area contributed by atoms with E-state index in [-0.39, 0.29) is 11.7 Å². The zero-order valence-electron chi connectivity index (χ0n) is 12.4. The number of hydrogen-bond acceptors (Lipinski definition) is 3. The second kappa shape index (κ2) is 6.64. The third-order valence-corrected chi connectivity index (χ3v) is 3.31. The smallest absolute Gasteiger partial charge is 0.293 e. The molecule has 2 rings (SSSR count).